The molecule has 5 fully saturated rings. The summed E-state index contributed by atoms with van der Waals surface area (Å²) < 4.78 is 93.9. The van der Waals surface area contributed by atoms with Gasteiger partial charge in [0.05, 0.1) is 64.4 Å². The molecule has 40 nitrogen and oxygen atoms in total. The number of ether oxygens (including phenoxy) is 10. The van der Waals surface area contributed by atoms with Crippen LogP contribution in [0.2, 0.25) is 0 Å². The number of rotatable bonds is 28. The zero-order chi connectivity index (χ0) is 64.6. The van der Waals surface area contributed by atoms with Crippen molar-refractivity contribution in [3.8, 4) is 0 Å². The molecule has 5 rings (SSSR count). The Balaban J connectivity index is 1.42. The van der Waals surface area contributed by atoms with Crippen molar-refractivity contribution in [3.05, 3.63) is 0 Å². The maximum Gasteiger partial charge on any atom is 0.397 e. The average Bonchev–Trinajstić information content (AvgIpc) is 0.960. The molecule has 23 N–H and O–H groups in total. The third-order valence-electron chi connectivity index (χ3n) is 14.4. The van der Waals surface area contributed by atoms with Crippen LogP contribution in [0.5, 0.6) is 0 Å². The van der Waals surface area contributed by atoms with Gasteiger partial charge < -0.3 is 160 Å². The smallest absolute Gasteiger partial charge is 0.397 e. The van der Waals surface area contributed by atoms with Crippen LogP contribution in [0.15, 0.2) is 0 Å². The first-order valence-corrected chi connectivity index (χ1v) is 27.7. The van der Waals surface area contributed by atoms with Crippen molar-refractivity contribution in [2.45, 2.75) is 211 Å². The molecule has 0 aromatic carbocycles. The Morgan fingerprint density at radius 2 is 1.10 bits per heavy atom. The number of nitrogens with one attached hydrogen (secondary N) is 3. The van der Waals surface area contributed by atoms with Crippen molar-refractivity contribution in [1.82, 2.24) is 16.0 Å². The van der Waals surface area contributed by atoms with Gasteiger partial charge in [-0.1, -0.05) is 0 Å². The van der Waals surface area contributed by atoms with E-state index in [0.29, 0.717) is 0 Å². The molecule has 5 heterocycles. The molecule has 500 valence electrons. The molecule has 41 heteroatoms. The SMILES string of the molecule is CC(=O)N[C@H]1[C@H](OC[C@@H](O)[C@H](O)[C@H](O[C@@H]2O[C@H](CO)[C@H](O)[C@H](O[C@]3(C(=O)O)C[C@H](O)[C@@H](NC(C)=O)[C@H]([C@H](O)[C@H](O)CO)O3)[C@H]2O)[C@H](CO)NC(C)=O)O[C@H](COS(=O)(=O)O)[C@@H](O[C@@H]2O[C@H](CO)[C@H](O)[C@H](O[C@H]3O[C@H](CO)[C@H](O)[C@H](O)[C@H]3O)[C@H]2O)[C@@H]1O. The minimum Gasteiger partial charge on any atom is -0.477 e. The van der Waals surface area contributed by atoms with E-state index in [2.05, 4.69) is 20.1 Å². The minimum atomic E-state index is -5.42. The van der Waals surface area contributed by atoms with Gasteiger partial charge in [0.1, 0.15) is 134 Å². The Bertz CT molecular complexity index is 2300. The molecule has 0 radical (unpaired) electrons. The molecule has 3 amide bonds. The average molecular weight is 1280 g/mol. The van der Waals surface area contributed by atoms with Crippen LogP contribution < -0.4 is 16.0 Å². The van der Waals surface area contributed by atoms with Crippen molar-refractivity contribution in [2.24, 2.45) is 0 Å². The van der Waals surface area contributed by atoms with Crippen molar-refractivity contribution < 1.29 is 181 Å². The highest BCUT2D eigenvalue weighted by molar-refractivity contribution is 7.80. The lowest BCUT2D eigenvalue weighted by atomic mass is 9.88. The summed E-state index contributed by atoms with van der Waals surface area (Å²) in [5, 5.41) is 211. The molecule has 0 saturated carbocycles. The van der Waals surface area contributed by atoms with Crippen LogP contribution in [0.3, 0.4) is 0 Å². The summed E-state index contributed by atoms with van der Waals surface area (Å²) in [6.45, 7) is -5.47. The second-order valence-electron chi connectivity index (χ2n) is 20.7. The zero-order valence-corrected chi connectivity index (χ0v) is 46.5. The Labute approximate surface area is 486 Å². The van der Waals surface area contributed by atoms with Crippen molar-refractivity contribution in [1.29, 1.82) is 0 Å². The molecule has 0 aromatic rings. The molecule has 86 heavy (non-hydrogen) atoms. The Morgan fingerprint density at radius 3 is 1.63 bits per heavy atom. The first kappa shape index (κ1) is 73.4. The summed E-state index contributed by atoms with van der Waals surface area (Å²) >= 11 is 0. The summed E-state index contributed by atoms with van der Waals surface area (Å²) in [4.78, 5) is 50.2. The summed E-state index contributed by atoms with van der Waals surface area (Å²) in [7, 11) is -5.42. The Hall–Kier alpha value is -3.37. The quantitative estimate of drug-likeness (QED) is 0.0324. The lowest BCUT2D eigenvalue weighted by molar-refractivity contribution is -0.377. The van der Waals surface area contributed by atoms with E-state index >= 15 is 0 Å². The monoisotopic (exact) mass is 1280 g/mol. The lowest BCUT2D eigenvalue weighted by Crippen LogP contribution is -2.70. The van der Waals surface area contributed by atoms with Gasteiger partial charge in [-0.3, -0.25) is 18.9 Å². The summed E-state index contributed by atoms with van der Waals surface area (Å²) in [5.41, 5.74) is 0. The predicted molar refractivity (Wildman–Crippen MR) is 264 cm³/mol. The van der Waals surface area contributed by atoms with Crippen molar-refractivity contribution in [2.75, 3.05) is 46.2 Å². The number of carboxylic acids is 1. The highest BCUT2D eigenvalue weighted by Crippen LogP contribution is 2.39. The number of aliphatic hydroxyl groups is 18. The molecule has 5 saturated heterocycles. The largest absolute Gasteiger partial charge is 0.477 e. The molecular formula is C45H77N3O37S. The molecule has 0 bridgehead atoms. The van der Waals surface area contributed by atoms with Gasteiger partial charge in [-0.15, -0.1) is 0 Å². The van der Waals surface area contributed by atoms with Crippen molar-refractivity contribution >= 4 is 34.1 Å². The first-order valence-electron chi connectivity index (χ1n) is 26.3. The zero-order valence-electron chi connectivity index (χ0n) is 45.7. The van der Waals surface area contributed by atoms with Crippen LogP contribution >= 0.6 is 0 Å². The van der Waals surface area contributed by atoms with E-state index in [9.17, 15) is 129 Å². The van der Waals surface area contributed by atoms with Crippen LogP contribution in [0.1, 0.15) is 27.2 Å². The number of carbonyl (C=O) groups is 4. The van der Waals surface area contributed by atoms with Gasteiger partial charge in [-0.2, -0.15) is 8.42 Å². The third kappa shape index (κ3) is 17.6. The maximum absolute atomic E-state index is 13.0. The molecular weight excluding hydrogens is 1210 g/mol. The fraction of sp³-hybridized carbons (Fsp3) is 0.911. The number of aliphatic hydroxyl groups excluding tert-OH is 18. The molecule has 30 atom stereocenters. The van der Waals surface area contributed by atoms with Crippen LogP contribution in [-0.4, -0.2) is 363 Å². The van der Waals surface area contributed by atoms with Crippen LogP contribution in [0.25, 0.3) is 0 Å². The summed E-state index contributed by atoms with van der Waals surface area (Å²) in [6.07, 6.45) is -57.3. The van der Waals surface area contributed by atoms with E-state index in [1.807, 2.05) is 0 Å². The number of aliphatic carboxylic acids is 1. The molecule has 0 aliphatic carbocycles. The number of carbonyl (C=O) groups excluding carboxylic acids is 3. The van der Waals surface area contributed by atoms with Gasteiger partial charge in [0.15, 0.2) is 25.2 Å². The molecule has 0 aromatic heterocycles. The first-order chi connectivity index (χ1) is 40.2. The molecule has 5 aliphatic rings. The van der Waals surface area contributed by atoms with E-state index in [0.717, 1.165) is 20.8 Å². The summed E-state index contributed by atoms with van der Waals surface area (Å²) in [5.74, 6) is -8.21. The standard InChI is InChI=1S/C45H77N3O37S/c1-12(54)46-15(5-49)35(81-43-34(69)39(29(64)21(9-53)79-43)85-45(44(70)71)4-16(57)23(47-13(2)55)37(84-45)25(60)17(58)6-50)26(61)18(59)10-75-40-24(48-14(3)56)30(65)36(22(80-40)11-76-86(72,73)74)82-42-33(68)38(28(63)20(8-52)78-42)83-41-32(67)31(66)27(62)19(7-51)77-41/h15-43,49-53,57-69H,4-11H2,1-3H3,(H,46,54)(H,47,55)(H,48,56)(H,70,71)(H,72,73,74)/t15-,16-,17+,18+,19+,20+,21+,22+,23+,24+,25+,26-,27-,28-,29-,30+,31-,32+,33+,34+,35+,36+,37+,38-,39-,40+,41+,42-,43-,45-/m0/s1. The fourth-order valence-corrected chi connectivity index (χ4v) is 10.4. The van der Waals surface area contributed by atoms with Crippen LogP contribution in [0, 0.1) is 0 Å². The van der Waals surface area contributed by atoms with Gasteiger partial charge >= 0.3 is 16.4 Å². The normalized spacial score (nSPS) is 41.0. The topological polar surface area (TPSA) is 645 Å². The van der Waals surface area contributed by atoms with E-state index in [-0.39, 0.29) is 0 Å². The highest BCUT2D eigenvalue weighted by atomic mass is 32.3. The van der Waals surface area contributed by atoms with Gasteiger partial charge in [0.2, 0.25) is 17.7 Å². The van der Waals surface area contributed by atoms with Gasteiger partial charge in [0.25, 0.3) is 5.79 Å². The Morgan fingerprint density at radius 1 is 0.593 bits per heavy atom. The highest BCUT2D eigenvalue weighted by Gasteiger charge is 2.61. The van der Waals surface area contributed by atoms with E-state index in [1.165, 1.54) is 0 Å². The number of carboxylic acid groups (broad SMARTS) is 1. The maximum atomic E-state index is 13.0. The van der Waals surface area contributed by atoms with E-state index < -0.39 is 270 Å². The second kappa shape index (κ2) is 31.6. The second-order valence-corrected chi connectivity index (χ2v) is 21.8. The predicted octanol–water partition coefficient (Wildman–Crippen LogP) is -15.0. The van der Waals surface area contributed by atoms with Crippen molar-refractivity contribution in [3.63, 3.8) is 0 Å². The minimum absolute atomic E-state index is 0.863. The number of hydrogen-bond donors (Lipinski definition) is 23. The fourth-order valence-electron chi connectivity index (χ4n) is 10.1. The van der Waals surface area contributed by atoms with E-state index in [1.54, 1.807) is 0 Å². The van der Waals surface area contributed by atoms with Crippen LogP contribution in [0.4, 0.5) is 0 Å². The number of amides is 3. The molecule has 0 unspecified atom stereocenters. The van der Waals surface area contributed by atoms with Gasteiger partial charge in [-0.05, 0) is 0 Å². The number of hydrogen-bond acceptors (Lipinski definition) is 35. The Kier molecular flexibility index (Phi) is 26.9. The molecule has 5 aliphatic heterocycles. The van der Waals surface area contributed by atoms with E-state index in [4.69, 9.17) is 47.4 Å². The van der Waals surface area contributed by atoms with Crippen LogP contribution in [-0.2, 0) is 81.1 Å². The molecule has 0 spiro atoms. The lowest BCUT2D eigenvalue weighted by Gasteiger charge is -2.50. The van der Waals surface area contributed by atoms with Gasteiger partial charge in [0, 0.05) is 27.2 Å². The third-order valence-corrected chi connectivity index (χ3v) is 14.9. The summed E-state index contributed by atoms with van der Waals surface area (Å²) in [6, 6.07) is -5.54. The van der Waals surface area contributed by atoms with Gasteiger partial charge in [-0.25, -0.2) is 8.98 Å².